The predicted molar refractivity (Wildman–Crippen MR) is 83.8 cm³/mol. The maximum Gasteiger partial charge on any atom is 0.0733 e. The smallest absolute Gasteiger partial charge is 0.0733 e. The molecule has 0 amide bonds. The topological polar surface area (TPSA) is 28.7 Å². The Morgan fingerprint density at radius 1 is 0.850 bits per heavy atom. The van der Waals surface area contributed by atoms with Crippen LogP contribution in [0.2, 0.25) is 0 Å². The molecule has 0 radical (unpaired) electrons. The molecular formula is C18H14N2. The molecule has 2 heteroatoms. The highest BCUT2D eigenvalue weighted by atomic mass is 14.8. The number of hydrogen-bond acceptors (Lipinski definition) is 1. The average Bonchev–Trinajstić information content (AvgIpc) is 2.82. The zero-order chi connectivity index (χ0) is 13.5. The van der Waals surface area contributed by atoms with E-state index >= 15 is 0 Å². The van der Waals surface area contributed by atoms with E-state index in [1.54, 1.807) is 0 Å². The van der Waals surface area contributed by atoms with E-state index in [2.05, 4.69) is 60.4 Å². The number of fused-ring (bicyclic) bond motifs is 2. The largest absolute Gasteiger partial charge is 0.358 e. The summed E-state index contributed by atoms with van der Waals surface area (Å²) < 4.78 is 0. The summed E-state index contributed by atoms with van der Waals surface area (Å²) in [6, 6.07) is 20.8. The predicted octanol–water partition coefficient (Wildman–Crippen LogP) is 4.69. The van der Waals surface area contributed by atoms with Crippen LogP contribution in [0.3, 0.4) is 0 Å². The Bertz CT molecular complexity index is 919. The Kier molecular flexibility index (Phi) is 2.36. The summed E-state index contributed by atoms with van der Waals surface area (Å²) in [7, 11) is 0. The highest BCUT2D eigenvalue weighted by Gasteiger charge is 2.11. The second-order valence-electron chi connectivity index (χ2n) is 5.06. The van der Waals surface area contributed by atoms with Gasteiger partial charge in [0.2, 0.25) is 0 Å². The van der Waals surface area contributed by atoms with Crippen molar-refractivity contribution in [2.45, 2.75) is 6.92 Å². The molecule has 4 aromatic rings. The highest BCUT2D eigenvalue weighted by Crippen LogP contribution is 2.31. The fourth-order valence-electron chi connectivity index (χ4n) is 2.81. The summed E-state index contributed by atoms with van der Waals surface area (Å²) in [4.78, 5) is 8.24. The molecule has 2 aromatic carbocycles. The van der Waals surface area contributed by atoms with Crippen LogP contribution in [0.5, 0.6) is 0 Å². The van der Waals surface area contributed by atoms with Crippen molar-refractivity contribution in [2.75, 3.05) is 0 Å². The number of aromatic nitrogens is 2. The van der Waals surface area contributed by atoms with Crippen LogP contribution >= 0.6 is 0 Å². The minimum Gasteiger partial charge on any atom is -0.358 e. The second-order valence-corrected chi connectivity index (χ2v) is 5.06. The Morgan fingerprint density at radius 2 is 1.65 bits per heavy atom. The normalized spacial score (nSPS) is 11.2. The first-order valence-corrected chi connectivity index (χ1v) is 6.76. The maximum atomic E-state index is 4.81. The molecule has 2 heterocycles. The number of H-pyrrole nitrogens is 1. The van der Waals surface area contributed by atoms with Gasteiger partial charge in [-0.15, -0.1) is 0 Å². The molecule has 2 aromatic heterocycles. The van der Waals surface area contributed by atoms with E-state index in [1.165, 1.54) is 16.3 Å². The Balaban J connectivity index is 2.03. The Morgan fingerprint density at radius 3 is 2.60 bits per heavy atom. The molecule has 2 nitrogen and oxygen atoms in total. The SMILES string of the molecule is Cc1[nH]c2ccccc2c1-c1ccc2ccccc2n1. The van der Waals surface area contributed by atoms with Crippen LogP contribution < -0.4 is 0 Å². The van der Waals surface area contributed by atoms with Crippen LogP contribution in [0.4, 0.5) is 0 Å². The van der Waals surface area contributed by atoms with Crippen molar-refractivity contribution >= 4 is 21.8 Å². The van der Waals surface area contributed by atoms with Gasteiger partial charge in [-0.2, -0.15) is 0 Å². The maximum absolute atomic E-state index is 4.81. The number of nitrogens with zero attached hydrogens (tertiary/aromatic N) is 1. The van der Waals surface area contributed by atoms with Crippen LogP contribution in [0, 0.1) is 6.92 Å². The van der Waals surface area contributed by atoms with Crippen LogP contribution in [0.1, 0.15) is 5.69 Å². The molecule has 0 fully saturated rings. The molecule has 0 saturated heterocycles. The lowest BCUT2D eigenvalue weighted by Gasteiger charge is -2.03. The van der Waals surface area contributed by atoms with E-state index in [0.29, 0.717) is 0 Å². The van der Waals surface area contributed by atoms with Crippen molar-refractivity contribution in [3.05, 3.63) is 66.4 Å². The van der Waals surface area contributed by atoms with Crippen molar-refractivity contribution < 1.29 is 0 Å². The van der Waals surface area contributed by atoms with Crippen LogP contribution in [0.15, 0.2) is 60.7 Å². The van der Waals surface area contributed by atoms with Gasteiger partial charge in [0.05, 0.1) is 11.2 Å². The number of benzene rings is 2. The van der Waals surface area contributed by atoms with Gasteiger partial charge in [0.15, 0.2) is 0 Å². The number of aryl methyl sites for hydroxylation is 1. The minimum absolute atomic E-state index is 1.03. The third-order valence-electron chi connectivity index (χ3n) is 3.75. The third-order valence-corrected chi connectivity index (χ3v) is 3.75. The van der Waals surface area contributed by atoms with E-state index in [1.807, 2.05) is 12.1 Å². The summed E-state index contributed by atoms with van der Waals surface area (Å²) in [5, 5.41) is 2.40. The van der Waals surface area contributed by atoms with Gasteiger partial charge in [-0.25, -0.2) is 4.98 Å². The molecule has 0 bridgehead atoms. The molecule has 20 heavy (non-hydrogen) atoms. The molecule has 0 unspecified atom stereocenters. The first-order valence-electron chi connectivity index (χ1n) is 6.76. The zero-order valence-electron chi connectivity index (χ0n) is 11.2. The molecule has 0 aliphatic carbocycles. The lowest BCUT2D eigenvalue weighted by atomic mass is 10.1. The van der Waals surface area contributed by atoms with Gasteiger partial charge in [0.1, 0.15) is 0 Å². The summed E-state index contributed by atoms with van der Waals surface area (Å²) in [6.45, 7) is 2.10. The van der Waals surface area contributed by atoms with Crippen molar-refractivity contribution in [3.63, 3.8) is 0 Å². The van der Waals surface area contributed by atoms with Gasteiger partial charge < -0.3 is 4.98 Å². The summed E-state index contributed by atoms with van der Waals surface area (Å²) in [5.41, 5.74) is 5.59. The Labute approximate surface area is 117 Å². The fraction of sp³-hybridized carbons (Fsp3) is 0.0556. The van der Waals surface area contributed by atoms with E-state index in [9.17, 15) is 0 Å². The van der Waals surface area contributed by atoms with Crippen molar-refractivity contribution in [1.82, 2.24) is 9.97 Å². The lowest BCUT2D eigenvalue weighted by Crippen LogP contribution is -1.86. The van der Waals surface area contributed by atoms with Gasteiger partial charge >= 0.3 is 0 Å². The lowest BCUT2D eigenvalue weighted by molar-refractivity contribution is 1.28. The molecular weight excluding hydrogens is 244 g/mol. The van der Waals surface area contributed by atoms with Crippen LogP contribution in [-0.2, 0) is 0 Å². The minimum atomic E-state index is 1.03. The monoisotopic (exact) mass is 258 g/mol. The first-order chi connectivity index (χ1) is 9.83. The fourth-order valence-corrected chi connectivity index (χ4v) is 2.81. The average molecular weight is 258 g/mol. The van der Waals surface area contributed by atoms with Gasteiger partial charge in [0, 0.05) is 27.5 Å². The van der Waals surface area contributed by atoms with Crippen molar-refractivity contribution in [1.29, 1.82) is 0 Å². The first kappa shape index (κ1) is 11.2. The third kappa shape index (κ3) is 1.62. The van der Waals surface area contributed by atoms with E-state index in [4.69, 9.17) is 4.98 Å². The molecule has 4 rings (SSSR count). The number of para-hydroxylation sites is 2. The van der Waals surface area contributed by atoms with Gasteiger partial charge in [-0.1, -0.05) is 42.5 Å². The van der Waals surface area contributed by atoms with Crippen molar-refractivity contribution in [3.8, 4) is 11.3 Å². The number of aromatic amines is 1. The quantitative estimate of drug-likeness (QED) is 0.527. The molecule has 0 spiro atoms. The molecule has 0 saturated carbocycles. The zero-order valence-corrected chi connectivity index (χ0v) is 11.2. The molecule has 0 aliphatic rings. The summed E-state index contributed by atoms with van der Waals surface area (Å²) in [6.07, 6.45) is 0. The number of hydrogen-bond donors (Lipinski definition) is 1. The standard InChI is InChI=1S/C18H14N2/c1-12-18(14-7-3-5-9-16(14)19-12)17-11-10-13-6-2-4-8-15(13)20-17/h2-11,19H,1H3. The number of nitrogens with one attached hydrogen (secondary N) is 1. The number of pyridine rings is 1. The molecule has 0 atom stereocenters. The molecule has 1 N–H and O–H groups in total. The second kappa shape index (κ2) is 4.20. The van der Waals surface area contributed by atoms with E-state index < -0.39 is 0 Å². The van der Waals surface area contributed by atoms with E-state index in [0.717, 1.165) is 22.4 Å². The van der Waals surface area contributed by atoms with Gasteiger partial charge in [0.25, 0.3) is 0 Å². The van der Waals surface area contributed by atoms with Crippen LogP contribution in [0.25, 0.3) is 33.1 Å². The highest BCUT2D eigenvalue weighted by molar-refractivity contribution is 5.97. The van der Waals surface area contributed by atoms with Gasteiger partial charge in [-0.3, -0.25) is 0 Å². The Hall–Kier alpha value is -2.61. The van der Waals surface area contributed by atoms with E-state index in [-0.39, 0.29) is 0 Å². The summed E-state index contributed by atoms with van der Waals surface area (Å²) in [5.74, 6) is 0. The van der Waals surface area contributed by atoms with Crippen molar-refractivity contribution in [2.24, 2.45) is 0 Å². The van der Waals surface area contributed by atoms with Crippen LogP contribution in [-0.4, -0.2) is 9.97 Å². The molecule has 96 valence electrons. The molecule has 0 aliphatic heterocycles. The van der Waals surface area contributed by atoms with Gasteiger partial charge in [-0.05, 0) is 25.1 Å². The number of rotatable bonds is 1. The summed E-state index contributed by atoms with van der Waals surface area (Å²) >= 11 is 0.